The average molecular weight is 302 g/mol. The Morgan fingerprint density at radius 2 is 2.16 bits per heavy atom. The van der Waals surface area contributed by atoms with Crippen LogP contribution in [0.4, 0.5) is 5.82 Å². The van der Waals surface area contributed by atoms with E-state index < -0.39 is 0 Å². The number of Topliss-reactive ketones (excluding diaryl/α,β-unsaturated/α-hetero) is 1. The maximum atomic E-state index is 11.8. The third kappa shape index (κ3) is 4.93. The van der Waals surface area contributed by atoms with Crippen LogP contribution >= 0.6 is 23.1 Å². The maximum absolute atomic E-state index is 11.8. The van der Waals surface area contributed by atoms with E-state index in [1.165, 1.54) is 23.1 Å². The molecule has 1 aromatic rings. The fourth-order valence-electron chi connectivity index (χ4n) is 1.23. The molecule has 0 saturated heterocycles. The van der Waals surface area contributed by atoms with Crippen molar-refractivity contribution in [1.82, 2.24) is 4.98 Å². The van der Waals surface area contributed by atoms with Crippen LogP contribution in [0.5, 0.6) is 0 Å². The number of hydrogen-bond acceptors (Lipinski definition) is 6. The predicted molar refractivity (Wildman–Crippen MR) is 78.2 cm³/mol. The van der Waals surface area contributed by atoms with Crippen LogP contribution < -0.4 is 5.32 Å². The molecule has 5 nitrogen and oxygen atoms in total. The minimum atomic E-state index is -0.295. The summed E-state index contributed by atoms with van der Waals surface area (Å²) in [5.41, 5.74) is 0. The van der Waals surface area contributed by atoms with Crippen LogP contribution in [0.25, 0.3) is 0 Å². The van der Waals surface area contributed by atoms with Crippen LogP contribution in [0, 0.1) is 0 Å². The van der Waals surface area contributed by atoms with Crippen molar-refractivity contribution >= 4 is 40.6 Å². The van der Waals surface area contributed by atoms with E-state index in [9.17, 15) is 9.59 Å². The number of nitrogens with zero attached hydrogens (tertiary/aromatic N) is 1. The normalized spacial score (nSPS) is 10.8. The van der Waals surface area contributed by atoms with Gasteiger partial charge in [0, 0.05) is 6.42 Å². The first-order valence-electron chi connectivity index (χ1n) is 5.97. The molecule has 1 aromatic heterocycles. The minimum Gasteiger partial charge on any atom is -0.369 e. The van der Waals surface area contributed by atoms with Gasteiger partial charge in [0.25, 0.3) is 5.91 Å². The van der Waals surface area contributed by atoms with Crippen molar-refractivity contribution in [2.45, 2.75) is 37.6 Å². The van der Waals surface area contributed by atoms with Crippen LogP contribution in [0.3, 0.4) is 0 Å². The van der Waals surface area contributed by atoms with E-state index in [0.717, 1.165) is 4.34 Å². The van der Waals surface area contributed by atoms with E-state index in [-0.39, 0.29) is 24.4 Å². The quantitative estimate of drug-likeness (QED) is 0.619. The third-order valence-electron chi connectivity index (χ3n) is 2.16. The molecule has 1 rings (SSSR count). The molecule has 7 heteroatoms. The first-order chi connectivity index (χ1) is 8.97. The zero-order chi connectivity index (χ0) is 14.4. The monoisotopic (exact) mass is 302 g/mol. The van der Waals surface area contributed by atoms with E-state index in [4.69, 9.17) is 4.74 Å². The summed E-state index contributed by atoms with van der Waals surface area (Å²) in [6.45, 7) is 5.46. The van der Waals surface area contributed by atoms with Gasteiger partial charge in [0.2, 0.25) is 0 Å². The molecular formula is C12H18N2O3S2. The van der Waals surface area contributed by atoms with Gasteiger partial charge in [0.15, 0.2) is 15.9 Å². The number of ketones is 1. The average Bonchev–Trinajstić information content (AvgIpc) is 2.78. The van der Waals surface area contributed by atoms with Crippen LogP contribution in [0.2, 0.25) is 0 Å². The highest BCUT2D eigenvalue weighted by atomic mass is 32.2. The van der Waals surface area contributed by atoms with E-state index in [1.54, 1.807) is 6.92 Å². The van der Waals surface area contributed by atoms with Gasteiger partial charge in [-0.25, -0.2) is 4.98 Å². The molecule has 1 N–H and O–H groups in total. The van der Waals surface area contributed by atoms with Crippen molar-refractivity contribution in [3.8, 4) is 0 Å². The zero-order valence-electron chi connectivity index (χ0n) is 11.5. The van der Waals surface area contributed by atoms with Gasteiger partial charge in [-0.1, -0.05) is 18.7 Å². The molecule has 0 aliphatic rings. The topological polar surface area (TPSA) is 68.3 Å². The molecule has 0 aliphatic carbocycles. The van der Waals surface area contributed by atoms with Crippen molar-refractivity contribution < 1.29 is 14.3 Å². The number of carbonyl (C=O) groups excluding carboxylic acids is 2. The lowest BCUT2D eigenvalue weighted by molar-refractivity contribution is -0.121. The third-order valence-corrected chi connectivity index (χ3v) is 4.24. The second-order valence-electron chi connectivity index (χ2n) is 4.05. The van der Waals surface area contributed by atoms with Crippen molar-refractivity contribution in [3.05, 3.63) is 4.88 Å². The molecule has 0 radical (unpaired) electrons. The number of hydrogen-bond donors (Lipinski definition) is 1. The summed E-state index contributed by atoms with van der Waals surface area (Å²) < 4.78 is 5.97. The lowest BCUT2D eigenvalue weighted by Gasteiger charge is -2.07. The van der Waals surface area contributed by atoms with Crippen molar-refractivity contribution in [2.75, 3.05) is 18.2 Å². The Hall–Kier alpha value is -0.920. The summed E-state index contributed by atoms with van der Waals surface area (Å²) in [6.07, 6.45) is 2.26. The molecule has 1 amide bonds. The number of aromatic nitrogens is 1. The fourth-order valence-corrected chi connectivity index (χ4v) is 2.76. The number of thioether (sulfide) groups is 1. The van der Waals surface area contributed by atoms with Crippen LogP contribution in [-0.4, -0.2) is 35.6 Å². The Morgan fingerprint density at radius 3 is 2.68 bits per heavy atom. The lowest BCUT2D eigenvalue weighted by Crippen LogP contribution is -2.21. The zero-order valence-corrected chi connectivity index (χ0v) is 13.1. The molecule has 0 aliphatic heterocycles. The van der Waals surface area contributed by atoms with Gasteiger partial charge in [-0.3, -0.25) is 9.59 Å². The number of ether oxygens (including phenoxy) is 1. The standard InChI is InChI=1S/C12H18N2O3S2/c1-5-8(15)10-11(14-12(18-4)19-10)13-9(16)6-17-7(2)3/h7H,5-6H2,1-4H3,(H,13,16). The summed E-state index contributed by atoms with van der Waals surface area (Å²) in [6, 6.07) is 0. The SMILES string of the molecule is CCC(=O)c1sc(SC)nc1NC(=O)COC(C)C. The Labute approximate surface area is 121 Å². The van der Waals surface area contributed by atoms with E-state index in [1.807, 2.05) is 20.1 Å². The summed E-state index contributed by atoms with van der Waals surface area (Å²) in [7, 11) is 0. The molecule has 0 spiro atoms. The van der Waals surface area contributed by atoms with Crippen molar-refractivity contribution in [3.63, 3.8) is 0 Å². The van der Waals surface area contributed by atoms with E-state index in [2.05, 4.69) is 10.3 Å². The number of thiazole rings is 1. The number of rotatable bonds is 7. The maximum Gasteiger partial charge on any atom is 0.251 e. The van der Waals surface area contributed by atoms with E-state index in [0.29, 0.717) is 17.1 Å². The van der Waals surface area contributed by atoms with Crippen LogP contribution in [0.15, 0.2) is 4.34 Å². The van der Waals surface area contributed by atoms with Gasteiger partial charge in [0.1, 0.15) is 11.5 Å². The summed E-state index contributed by atoms with van der Waals surface area (Å²) in [4.78, 5) is 28.2. The smallest absolute Gasteiger partial charge is 0.251 e. The largest absolute Gasteiger partial charge is 0.369 e. The molecule has 19 heavy (non-hydrogen) atoms. The molecule has 106 valence electrons. The second-order valence-corrected chi connectivity index (χ2v) is 6.10. The Kier molecular flexibility index (Phi) is 6.47. The second kappa shape index (κ2) is 7.62. The number of anilines is 1. The van der Waals surface area contributed by atoms with Gasteiger partial charge in [-0.15, -0.1) is 11.3 Å². The summed E-state index contributed by atoms with van der Waals surface area (Å²) in [5, 5.41) is 2.64. The molecular weight excluding hydrogens is 284 g/mol. The minimum absolute atomic E-state index is 0.0142. The van der Waals surface area contributed by atoms with Gasteiger partial charge in [-0.2, -0.15) is 0 Å². The summed E-state index contributed by atoms with van der Waals surface area (Å²) in [5.74, 6) is 0.0354. The molecule has 0 saturated carbocycles. The highest BCUT2D eigenvalue weighted by Crippen LogP contribution is 2.30. The van der Waals surface area contributed by atoms with Gasteiger partial charge in [0.05, 0.1) is 6.10 Å². The van der Waals surface area contributed by atoms with Gasteiger partial charge < -0.3 is 10.1 Å². The Morgan fingerprint density at radius 1 is 1.47 bits per heavy atom. The highest BCUT2D eigenvalue weighted by Gasteiger charge is 2.18. The molecule has 0 unspecified atom stereocenters. The Balaban J connectivity index is 2.78. The molecule has 1 heterocycles. The van der Waals surface area contributed by atoms with E-state index >= 15 is 0 Å². The molecule has 0 fully saturated rings. The van der Waals surface area contributed by atoms with Gasteiger partial charge in [-0.05, 0) is 20.1 Å². The molecule has 0 bridgehead atoms. The van der Waals surface area contributed by atoms with Crippen LogP contribution in [-0.2, 0) is 9.53 Å². The predicted octanol–water partition coefficient (Wildman–Crippen LogP) is 2.82. The van der Waals surface area contributed by atoms with Gasteiger partial charge >= 0.3 is 0 Å². The first kappa shape index (κ1) is 16.1. The van der Waals surface area contributed by atoms with Crippen molar-refractivity contribution in [2.24, 2.45) is 0 Å². The first-order valence-corrected chi connectivity index (χ1v) is 8.01. The Bertz CT molecular complexity index is 458. The number of carbonyl (C=O) groups is 2. The molecule has 0 aromatic carbocycles. The summed E-state index contributed by atoms with van der Waals surface area (Å²) >= 11 is 2.75. The highest BCUT2D eigenvalue weighted by molar-refractivity contribution is 8.00. The van der Waals surface area contributed by atoms with Crippen LogP contribution in [0.1, 0.15) is 36.9 Å². The molecule has 0 atom stereocenters. The number of nitrogens with one attached hydrogen (secondary N) is 1. The van der Waals surface area contributed by atoms with Crippen molar-refractivity contribution in [1.29, 1.82) is 0 Å². The lowest BCUT2D eigenvalue weighted by atomic mass is 10.2. The number of amides is 1. The fraction of sp³-hybridized carbons (Fsp3) is 0.583.